The molecule has 0 aliphatic heterocycles. The highest BCUT2D eigenvalue weighted by molar-refractivity contribution is 7.71. The van der Waals surface area contributed by atoms with Crippen molar-refractivity contribution in [2.24, 2.45) is 0 Å². The minimum atomic E-state index is -0.526. The van der Waals surface area contributed by atoms with Crippen molar-refractivity contribution >= 4 is 46.3 Å². The number of hydrogen-bond donors (Lipinski definition) is 2. The van der Waals surface area contributed by atoms with E-state index in [0.717, 1.165) is 18.4 Å². The smallest absolute Gasteiger partial charge is 0.262 e. The van der Waals surface area contributed by atoms with Crippen LogP contribution in [0.15, 0.2) is 47.3 Å². The van der Waals surface area contributed by atoms with Crippen LogP contribution in [0.4, 0.5) is 10.1 Å². The molecule has 1 amide bonds. The Bertz CT molecular complexity index is 1130. The number of nitrogens with one attached hydrogen (secondary N) is 2. The number of carbonyl (C=O) groups excluding carboxylic acids is 1. The minimum absolute atomic E-state index is 0.0323. The number of anilines is 1. The van der Waals surface area contributed by atoms with E-state index in [1.165, 1.54) is 18.2 Å². The third kappa shape index (κ3) is 4.85. The Labute approximate surface area is 171 Å². The Kier molecular flexibility index (Phi) is 6.59. The van der Waals surface area contributed by atoms with Crippen LogP contribution in [0.25, 0.3) is 10.9 Å². The molecule has 0 fully saturated rings. The third-order valence-electron chi connectivity index (χ3n) is 4.38. The molecule has 0 atom stereocenters. The van der Waals surface area contributed by atoms with Crippen LogP contribution < -0.4 is 10.9 Å². The lowest BCUT2D eigenvalue weighted by atomic mass is 10.2. The molecular formula is C20H19ClFN3O2S. The van der Waals surface area contributed by atoms with Crippen LogP contribution in [0.2, 0.25) is 5.02 Å². The number of aromatic nitrogens is 2. The zero-order chi connectivity index (χ0) is 20.1. The number of H-pyrrole nitrogens is 1. The van der Waals surface area contributed by atoms with E-state index in [2.05, 4.69) is 10.3 Å². The van der Waals surface area contributed by atoms with Gasteiger partial charge < -0.3 is 10.3 Å². The third-order valence-corrected chi connectivity index (χ3v) is 4.99. The van der Waals surface area contributed by atoms with E-state index in [9.17, 15) is 14.0 Å². The van der Waals surface area contributed by atoms with E-state index in [-0.39, 0.29) is 16.5 Å². The maximum Gasteiger partial charge on any atom is 0.262 e. The average molecular weight is 420 g/mol. The van der Waals surface area contributed by atoms with Crippen LogP contribution in [-0.2, 0) is 11.3 Å². The summed E-state index contributed by atoms with van der Waals surface area (Å²) in [5, 5.41) is 3.26. The van der Waals surface area contributed by atoms with E-state index in [4.69, 9.17) is 23.8 Å². The predicted molar refractivity (Wildman–Crippen MR) is 112 cm³/mol. The summed E-state index contributed by atoms with van der Waals surface area (Å²) in [4.78, 5) is 27.6. The number of hydrogen-bond acceptors (Lipinski definition) is 3. The lowest BCUT2D eigenvalue weighted by molar-refractivity contribution is -0.116. The SMILES string of the molecule is O=C(CCCCCn1c(=S)[nH]c2ccccc2c1=O)Nc1ccc(F)c(Cl)c1. The summed E-state index contributed by atoms with van der Waals surface area (Å²) in [6, 6.07) is 11.3. The van der Waals surface area contributed by atoms with Gasteiger partial charge in [0, 0.05) is 18.7 Å². The number of benzene rings is 2. The van der Waals surface area contributed by atoms with Crippen molar-refractivity contribution in [2.45, 2.75) is 32.2 Å². The summed E-state index contributed by atoms with van der Waals surface area (Å²) >= 11 is 11.0. The van der Waals surface area contributed by atoms with E-state index in [1.54, 1.807) is 10.6 Å². The Balaban J connectivity index is 1.49. The molecule has 28 heavy (non-hydrogen) atoms. The maximum atomic E-state index is 13.1. The number of carbonyl (C=O) groups is 1. The van der Waals surface area contributed by atoms with Gasteiger partial charge in [-0.25, -0.2) is 4.39 Å². The highest BCUT2D eigenvalue weighted by Crippen LogP contribution is 2.19. The maximum absolute atomic E-state index is 13.1. The van der Waals surface area contributed by atoms with Crippen molar-refractivity contribution in [1.29, 1.82) is 0 Å². The zero-order valence-electron chi connectivity index (χ0n) is 15.0. The molecule has 5 nitrogen and oxygen atoms in total. The van der Waals surface area contributed by atoms with E-state index >= 15 is 0 Å². The van der Waals surface area contributed by atoms with E-state index in [0.29, 0.717) is 35.2 Å². The van der Waals surface area contributed by atoms with Gasteiger partial charge in [0.1, 0.15) is 5.82 Å². The Morgan fingerprint density at radius 2 is 1.96 bits per heavy atom. The molecular weight excluding hydrogens is 401 g/mol. The van der Waals surface area contributed by atoms with E-state index in [1.807, 2.05) is 18.2 Å². The lowest BCUT2D eigenvalue weighted by Gasteiger charge is -2.08. The van der Waals surface area contributed by atoms with Gasteiger partial charge >= 0.3 is 0 Å². The van der Waals surface area contributed by atoms with Crippen LogP contribution in [0.3, 0.4) is 0 Å². The van der Waals surface area contributed by atoms with Crippen molar-refractivity contribution in [3.8, 4) is 0 Å². The number of aromatic amines is 1. The highest BCUT2D eigenvalue weighted by atomic mass is 35.5. The largest absolute Gasteiger partial charge is 0.332 e. The molecule has 3 rings (SSSR count). The Hall–Kier alpha value is -2.51. The standard InChI is InChI=1S/C20H19ClFN3O2S/c21-15-12-13(9-10-16(15)22)23-18(26)8-2-1-5-11-25-19(27)14-6-3-4-7-17(14)24-20(25)28/h3-4,6-7,9-10,12H,1-2,5,8,11H2,(H,23,26)(H,24,28). The van der Waals surface area contributed by atoms with Gasteiger partial charge in [0.15, 0.2) is 4.77 Å². The first kappa shape index (κ1) is 20.2. The first-order chi connectivity index (χ1) is 13.5. The first-order valence-corrected chi connectivity index (χ1v) is 9.71. The molecule has 0 aliphatic rings. The molecule has 0 saturated heterocycles. The van der Waals surface area contributed by atoms with Gasteiger partial charge in [-0.2, -0.15) is 0 Å². The van der Waals surface area contributed by atoms with Crippen LogP contribution in [0, 0.1) is 10.6 Å². The fraction of sp³-hybridized carbons (Fsp3) is 0.250. The number of nitrogens with zero attached hydrogens (tertiary/aromatic N) is 1. The molecule has 146 valence electrons. The molecule has 8 heteroatoms. The normalized spacial score (nSPS) is 10.9. The number of halogens is 2. The second kappa shape index (κ2) is 9.12. The van der Waals surface area contributed by atoms with Crippen molar-refractivity contribution < 1.29 is 9.18 Å². The zero-order valence-corrected chi connectivity index (χ0v) is 16.6. The molecule has 0 radical (unpaired) electrons. The summed E-state index contributed by atoms with van der Waals surface area (Å²) in [6.07, 6.45) is 2.49. The van der Waals surface area contributed by atoms with E-state index < -0.39 is 5.82 Å². The van der Waals surface area contributed by atoms with Crippen molar-refractivity contribution in [3.63, 3.8) is 0 Å². The Morgan fingerprint density at radius 1 is 1.18 bits per heavy atom. The summed E-state index contributed by atoms with van der Waals surface area (Å²) in [6.45, 7) is 0.494. The molecule has 0 saturated carbocycles. The molecule has 1 aromatic heterocycles. The van der Waals surface area contributed by atoms with Gasteiger partial charge in [-0.15, -0.1) is 0 Å². The number of para-hydroxylation sites is 1. The first-order valence-electron chi connectivity index (χ1n) is 8.92. The number of fused-ring (bicyclic) bond motifs is 1. The highest BCUT2D eigenvalue weighted by Gasteiger charge is 2.07. The summed E-state index contributed by atoms with van der Waals surface area (Å²) in [7, 11) is 0. The molecule has 2 N–H and O–H groups in total. The second-order valence-corrected chi connectivity index (χ2v) is 7.21. The lowest BCUT2D eigenvalue weighted by Crippen LogP contribution is -2.22. The van der Waals surface area contributed by atoms with Crippen LogP contribution >= 0.6 is 23.8 Å². The van der Waals surface area contributed by atoms with Gasteiger partial charge in [-0.3, -0.25) is 14.2 Å². The molecule has 2 aromatic carbocycles. The number of unbranched alkanes of at least 4 members (excludes halogenated alkanes) is 2. The predicted octanol–water partition coefficient (Wildman–Crippen LogP) is 5.05. The molecule has 0 aliphatic carbocycles. The summed E-state index contributed by atoms with van der Waals surface area (Å²) in [5.41, 5.74) is 1.09. The molecule has 3 aromatic rings. The van der Waals surface area contributed by atoms with Crippen molar-refractivity contribution in [3.05, 3.63) is 68.4 Å². The minimum Gasteiger partial charge on any atom is -0.332 e. The topological polar surface area (TPSA) is 66.9 Å². The fourth-order valence-corrected chi connectivity index (χ4v) is 3.40. The van der Waals surface area contributed by atoms with Gasteiger partial charge in [0.25, 0.3) is 5.56 Å². The van der Waals surface area contributed by atoms with Crippen LogP contribution in [0.1, 0.15) is 25.7 Å². The summed E-state index contributed by atoms with van der Waals surface area (Å²) in [5.74, 6) is -0.690. The average Bonchev–Trinajstić information content (AvgIpc) is 2.67. The second-order valence-electron chi connectivity index (χ2n) is 6.42. The molecule has 0 bridgehead atoms. The van der Waals surface area contributed by atoms with Gasteiger partial charge in [0.2, 0.25) is 5.91 Å². The summed E-state index contributed by atoms with van der Waals surface area (Å²) < 4.78 is 15.1. The monoisotopic (exact) mass is 419 g/mol. The molecule has 0 spiro atoms. The van der Waals surface area contributed by atoms with Crippen LogP contribution in [-0.4, -0.2) is 15.5 Å². The van der Waals surface area contributed by atoms with Crippen LogP contribution in [0.5, 0.6) is 0 Å². The molecule has 0 unspecified atom stereocenters. The fourth-order valence-electron chi connectivity index (χ4n) is 2.93. The quantitative estimate of drug-likeness (QED) is 0.416. The number of amides is 1. The van der Waals surface area contributed by atoms with Crippen molar-refractivity contribution in [2.75, 3.05) is 5.32 Å². The molecule has 1 heterocycles. The van der Waals surface area contributed by atoms with Gasteiger partial charge in [-0.1, -0.05) is 30.2 Å². The number of rotatable bonds is 7. The van der Waals surface area contributed by atoms with Gasteiger partial charge in [-0.05, 0) is 55.4 Å². The van der Waals surface area contributed by atoms with Gasteiger partial charge in [0.05, 0.1) is 15.9 Å². The Morgan fingerprint density at radius 3 is 2.75 bits per heavy atom. The van der Waals surface area contributed by atoms with Crippen molar-refractivity contribution in [1.82, 2.24) is 9.55 Å².